The van der Waals surface area contributed by atoms with Gasteiger partial charge in [-0.3, -0.25) is 19.7 Å². The molecule has 3 aromatic carbocycles. The third-order valence-corrected chi connectivity index (χ3v) is 5.17. The van der Waals surface area contributed by atoms with Gasteiger partial charge in [-0.05, 0) is 35.7 Å². The van der Waals surface area contributed by atoms with Crippen LogP contribution in [-0.4, -0.2) is 35.2 Å². The highest BCUT2D eigenvalue weighted by Gasteiger charge is 2.21. The third kappa shape index (κ3) is 6.16. The molecule has 8 nitrogen and oxygen atoms in total. The molecule has 0 fully saturated rings. The summed E-state index contributed by atoms with van der Waals surface area (Å²) < 4.78 is 0. The van der Waals surface area contributed by atoms with E-state index in [4.69, 9.17) is 0 Å². The minimum Gasteiger partial charge on any atom is -0.375 e. The van der Waals surface area contributed by atoms with E-state index in [1.165, 1.54) is 30.1 Å². The smallest absolute Gasteiger partial charge is 0.293 e. The fraction of sp³-hybridized carbons (Fsp3) is 0.200. The Hall–Kier alpha value is -4.20. The van der Waals surface area contributed by atoms with Crippen molar-refractivity contribution in [1.82, 2.24) is 4.90 Å². The number of benzene rings is 3. The fourth-order valence-corrected chi connectivity index (χ4v) is 3.41. The van der Waals surface area contributed by atoms with E-state index in [1.54, 1.807) is 0 Å². The zero-order valence-electron chi connectivity index (χ0n) is 18.6. The molecule has 3 rings (SSSR count). The summed E-state index contributed by atoms with van der Waals surface area (Å²) in [4.78, 5) is 37.6. The van der Waals surface area contributed by atoms with Crippen LogP contribution in [0.1, 0.15) is 28.4 Å². The lowest BCUT2D eigenvalue weighted by Gasteiger charge is -2.18. The maximum Gasteiger partial charge on any atom is 0.293 e. The van der Waals surface area contributed by atoms with Gasteiger partial charge in [0, 0.05) is 30.9 Å². The van der Waals surface area contributed by atoms with E-state index < -0.39 is 10.8 Å². The van der Waals surface area contributed by atoms with Gasteiger partial charge in [0.25, 0.3) is 11.6 Å². The van der Waals surface area contributed by atoms with Crippen LogP contribution in [0.3, 0.4) is 0 Å². The molecule has 0 aliphatic heterocycles. The van der Waals surface area contributed by atoms with E-state index in [0.29, 0.717) is 17.9 Å². The highest BCUT2D eigenvalue weighted by molar-refractivity contribution is 6.00. The standard InChI is InChI=1S/C25H26N4O4/c1-3-19-11-7-8-12-21(19)27-24(30)17-28(2)25(31)20-13-14-22(23(15-20)29(32)33)26-16-18-9-5-4-6-10-18/h4-15,26H,3,16-17H2,1-2H3,(H,27,30). The number of carbonyl (C=O) groups is 2. The molecule has 0 aromatic heterocycles. The summed E-state index contributed by atoms with van der Waals surface area (Å²) in [5.41, 5.74) is 2.92. The van der Waals surface area contributed by atoms with Gasteiger partial charge in [-0.1, -0.05) is 55.5 Å². The number of para-hydroxylation sites is 1. The van der Waals surface area contributed by atoms with Crippen molar-refractivity contribution in [2.45, 2.75) is 19.9 Å². The number of anilines is 2. The van der Waals surface area contributed by atoms with Crippen molar-refractivity contribution in [1.29, 1.82) is 0 Å². The van der Waals surface area contributed by atoms with Crippen molar-refractivity contribution < 1.29 is 14.5 Å². The number of hydrogen-bond acceptors (Lipinski definition) is 5. The first-order chi connectivity index (χ1) is 15.9. The lowest BCUT2D eigenvalue weighted by Crippen LogP contribution is -2.35. The maximum atomic E-state index is 12.8. The number of carbonyl (C=O) groups excluding carboxylic acids is 2. The van der Waals surface area contributed by atoms with Crippen LogP contribution in [0.4, 0.5) is 17.1 Å². The average molecular weight is 447 g/mol. The van der Waals surface area contributed by atoms with Gasteiger partial charge in [-0.25, -0.2) is 0 Å². The SMILES string of the molecule is CCc1ccccc1NC(=O)CN(C)C(=O)c1ccc(NCc2ccccc2)c([N+](=O)[O-])c1. The predicted octanol–water partition coefficient (Wildman–Crippen LogP) is 4.48. The lowest BCUT2D eigenvalue weighted by molar-refractivity contribution is -0.384. The van der Waals surface area contributed by atoms with Crippen LogP contribution in [0.25, 0.3) is 0 Å². The second-order valence-corrected chi connectivity index (χ2v) is 7.55. The van der Waals surface area contributed by atoms with E-state index in [-0.39, 0.29) is 23.7 Å². The summed E-state index contributed by atoms with van der Waals surface area (Å²) in [5, 5.41) is 17.5. The Balaban J connectivity index is 1.68. The number of amides is 2. The third-order valence-electron chi connectivity index (χ3n) is 5.17. The molecule has 0 aliphatic carbocycles. The molecule has 0 aliphatic rings. The van der Waals surface area contributed by atoms with Gasteiger partial charge >= 0.3 is 0 Å². The Morgan fingerprint density at radius 3 is 2.36 bits per heavy atom. The molecule has 0 saturated heterocycles. The van der Waals surface area contributed by atoms with Gasteiger partial charge < -0.3 is 15.5 Å². The second kappa shape index (κ2) is 10.9. The Morgan fingerprint density at radius 1 is 0.970 bits per heavy atom. The molecule has 0 unspecified atom stereocenters. The zero-order valence-corrected chi connectivity index (χ0v) is 18.6. The topological polar surface area (TPSA) is 105 Å². The summed E-state index contributed by atoms with van der Waals surface area (Å²) in [6, 6.07) is 21.2. The minimum absolute atomic E-state index is 0.135. The van der Waals surface area contributed by atoms with Crippen molar-refractivity contribution in [3.05, 3.63) is 99.6 Å². The van der Waals surface area contributed by atoms with Gasteiger partial charge in [-0.15, -0.1) is 0 Å². The minimum atomic E-state index is -0.529. The van der Waals surface area contributed by atoms with Crippen LogP contribution >= 0.6 is 0 Å². The van der Waals surface area contributed by atoms with Crippen LogP contribution < -0.4 is 10.6 Å². The first kappa shape index (κ1) is 23.5. The summed E-state index contributed by atoms with van der Waals surface area (Å²) in [5.74, 6) is -0.825. The Kier molecular flexibility index (Phi) is 7.75. The Labute approximate surface area is 192 Å². The van der Waals surface area contributed by atoms with Crippen molar-refractivity contribution in [3.8, 4) is 0 Å². The molecular formula is C25H26N4O4. The number of hydrogen-bond donors (Lipinski definition) is 2. The predicted molar refractivity (Wildman–Crippen MR) is 128 cm³/mol. The Morgan fingerprint density at radius 2 is 1.67 bits per heavy atom. The molecule has 0 atom stereocenters. The van der Waals surface area contributed by atoms with Gasteiger partial charge in [-0.2, -0.15) is 0 Å². The fourth-order valence-electron chi connectivity index (χ4n) is 3.41. The quantitative estimate of drug-likeness (QED) is 0.372. The molecule has 33 heavy (non-hydrogen) atoms. The summed E-state index contributed by atoms with van der Waals surface area (Å²) in [6.45, 7) is 2.22. The molecule has 2 amide bonds. The van der Waals surface area contributed by atoms with Crippen LogP contribution in [0.15, 0.2) is 72.8 Å². The number of nitro groups is 1. The summed E-state index contributed by atoms with van der Waals surface area (Å²) in [6.07, 6.45) is 0.763. The number of rotatable bonds is 9. The van der Waals surface area contributed by atoms with Crippen LogP contribution in [0.2, 0.25) is 0 Å². The number of aryl methyl sites for hydroxylation is 1. The Bertz CT molecular complexity index is 1150. The number of nitrogens with one attached hydrogen (secondary N) is 2. The largest absolute Gasteiger partial charge is 0.375 e. The monoisotopic (exact) mass is 446 g/mol. The van der Waals surface area contributed by atoms with Gasteiger partial charge in [0.2, 0.25) is 5.91 Å². The van der Waals surface area contributed by atoms with E-state index in [2.05, 4.69) is 10.6 Å². The zero-order chi connectivity index (χ0) is 23.8. The van der Waals surface area contributed by atoms with Crippen LogP contribution in [-0.2, 0) is 17.8 Å². The van der Waals surface area contributed by atoms with E-state index in [1.807, 2.05) is 61.5 Å². The summed E-state index contributed by atoms with van der Waals surface area (Å²) >= 11 is 0. The number of likely N-dealkylation sites (N-methyl/N-ethyl adjacent to an activating group) is 1. The molecule has 0 saturated carbocycles. The van der Waals surface area contributed by atoms with Crippen molar-refractivity contribution >= 4 is 28.9 Å². The van der Waals surface area contributed by atoms with E-state index in [9.17, 15) is 19.7 Å². The molecular weight excluding hydrogens is 420 g/mol. The summed E-state index contributed by atoms with van der Waals surface area (Å²) in [7, 11) is 1.49. The van der Waals surface area contributed by atoms with E-state index in [0.717, 1.165) is 17.5 Å². The van der Waals surface area contributed by atoms with Gasteiger partial charge in [0.05, 0.1) is 11.5 Å². The highest BCUT2D eigenvalue weighted by Crippen LogP contribution is 2.27. The van der Waals surface area contributed by atoms with Crippen LogP contribution in [0, 0.1) is 10.1 Å². The first-order valence-corrected chi connectivity index (χ1v) is 10.6. The second-order valence-electron chi connectivity index (χ2n) is 7.55. The normalized spacial score (nSPS) is 10.4. The molecule has 170 valence electrons. The number of nitro benzene ring substituents is 1. The first-order valence-electron chi connectivity index (χ1n) is 10.6. The molecule has 8 heteroatoms. The highest BCUT2D eigenvalue weighted by atomic mass is 16.6. The van der Waals surface area contributed by atoms with E-state index >= 15 is 0 Å². The van der Waals surface area contributed by atoms with Gasteiger partial charge in [0.15, 0.2) is 0 Å². The molecule has 0 spiro atoms. The number of nitrogens with zero attached hydrogens (tertiary/aromatic N) is 2. The molecule has 0 radical (unpaired) electrons. The molecule has 0 heterocycles. The molecule has 3 aromatic rings. The van der Waals surface area contributed by atoms with Crippen molar-refractivity contribution in [2.24, 2.45) is 0 Å². The van der Waals surface area contributed by atoms with Crippen molar-refractivity contribution in [2.75, 3.05) is 24.2 Å². The van der Waals surface area contributed by atoms with Crippen LogP contribution in [0.5, 0.6) is 0 Å². The van der Waals surface area contributed by atoms with Crippen molar-refractivity contribution in [3.63, 3.8) is 0 Å². The van der Waals surface area contributed by atoms with Gasteiger partial charge in [0.1, 0.15) is 5.69 Å². The molecule has 2 N–H and O–H groups in total. The maximum absolute atomic E-state index is 12.8. The molecule has 0 bridgehead atoms. The average Bonchev–Trinajstić information content (AvgIpc) is 2.83. The lowest BCUT2D eigenvalue weighted by atomic mass is 10.1.